The van der Waals surface area contributed by atoms with Crippen molar-refractivity contribution in [3.8, 4) is 11.4 Å². The fourth-order valence-corrected chi connectivity index (χ4v) is 1.95. The molecule has 1 aromatic carbocycles. The fraction of sp³-hybridized carbons (Fsp3) is 0.429. The Morgan fingerprint density at radius 3 is 2.57 bits per heavy atom. The van der Waals surface area contributed by atoms with E-state index in [0.29, 0.717) is 12.4 Å². The first-order chi connectivity index (χ1) is 9.74. The zero-order valence-electron chi connectivity index (χ0n) is 12.0. The number of nitrogens with one attached hydrogen (secondary N) is 1. The van der Waals surface area contributed by atoms with Gasteiger partial charge in [0.1, 0.15) is 0 Å². The summed E-state index contributed by atoms with van der Waals surface area (Å²) < 4.78 is 43.3. The van der Waals surface area contributed by atoms with Gasteiger partial charge in [0.05, 0.1) is 11.1 Å². The van der Waals surface area contributed by atoms with Gasteiger partial charge in [-0.15, -0.1) is 0 Å². The standard InChI is InChI=1S/C14H16F3N3O/c1-4-18-13(2,3)12-19-11(20-21-12)9-6-5-7-10(8-9)14(15,16)17/h5-8,18H,4H2,1-3H3. The number of hydrogen-bond donors (Lipinski definition) is 1. The van der Waals surface area contributed by atoms with Crippen LogP contribution in [0.5, 0.6) is 0 Å². The van der Waals surface area contributed by atoms with E-state index in [1.165, 1.54) is 12.1 Å². The summed E-state index contributed by atoms with van der Waals surface area (Å²) in [6.07, 6.45) is -4.40. The summed E-state index contributed by atoms with van der Waals surface area (Å²) in [7, 11) is 0. The molecule has 0 fully saturated rings. The van der Waals surface area contributed by atoms with Crippen LogP contribution < -0.4 is 5.32 Å². The van der Waals surface area contributed by atoms with Crippen LogP contribution in [0, 0.1) is 0 Å². The molecular formula is C14H16F3N3O. The third-order valence-electron chi connectivity index (χ3n) is 3.03. The van der Waals surface area contributed by atoms with Crippen molar-refractivity contribution in [2.45, 2.75) is 32.5 Å². The molecule has 1 heterocycles. The molecule has 1 aromatic heterocycles. The van der Waals surface area contributed by atoms with Gasteiger partial charge < -0.3 is 9.84 Å². The van der Waals surface area contributed by atoms with Crippen molar-refractivity contribution in [3.63, 3.8) is 0 Å². The van der Waals surface area contributed by atoms with Crippen molar-refractivity contribution in [1.29, 1.82) is 0 Å². The first-order valence-electron chi connectivity index (χ1n) is 6.51. The zero-order chi connectivity index (χ0) is 15.7. The van der Waals surface area contributed by atoms with Gasteiger partial charge in [-0.1, -0.05) is 24.2 Å². The summed E-state index contributed by atoms with van der Waals surface area (Å²) in [5.41, 5.74) is -1.01. The molecule has 1 N–H and O–H groups in total. The zero-order valence-corrected chi connectivity index (χ0v) is 12.0. The van der Waals surface area contributed by atoms with Crippen LogP contribution >= 0.6 is 0 Å². The number of halogens is 3. The minimum absolute atomic E-state index is 0.141. The second kappa shape index (κ2) is 5.48. The molecule has 21 heavy (non-hydrogen) atoms. The van der Waals surface area contributed by atoms with Crippen molar-refractivity contribution in [3.05, 3.63) is 35.7 Å². The van der Waals surface area contributed by atoms with E-state index < -0.39 is 17.3 Å². The number of benzene rings is 1. The summed E-state index contributed by atoms with van der Waals surface area (Å²) in [4.78, 5) is 4.19. The average Bonchev–Trinajstić information content (AvgIpc) is 2.88. The maximum Gasteiger partial charge on any atom is 0.416 e. The Bertz CT molecular complexity index is 620. The lowest BCUT2D eigenvalue weighted by atomic mass is 10.1. The fourth-order valence-electron chi connectivity index (χ4n) is 1.95. The van der Waals surface area contributed by atoms with Crippen LogP contribution in [-0.4, -0.2) is 16.7 Å². The summed E-state index contributed by atoms with van der Waals surface area (Å²) in [6.45, 7) is 6.36. The van der Waals surface area contributed by atoms with Gasteiger partial charge >= 0.3 is 6.18 Å². The molecule has 7 heteroatoms. The topological polar surface area (TPSA) is 51.0 Å². The first-order valence-corrected chi connectivity index (χ1v) is 6.51. The normalized spacial score (nSPS) is 12.7. The van der Waals surface area contributed by atoms with E-state index in [-0.39, 0.29) is 11.4 Å². The second-order valence-electron chi connectivity index (χ2n) is 5.16. The van der Waals surface area contributed by atoms with Crippen molar-refractivity contribution in [2.24, 2.45) is 0 Å². The molecule has 0 saturated heterocycles. The lowest BCUT2D eigenvalue weighted by Gasteiger charge is -2.20. The summed E-state index contributed by atoms with van der Waals surface area (Å²) >= 11 is 0. The smallest absolute Gasteiger partial charge is 0.337 e. The number of rotatable bonds is 4. The van der Waals surface area contributed by atoms with Crippen molar-refractivity contribution < 1.29 is 17.7 Å². The van der Waals surface area contributed by atoms with Crippen LogP contribution in [0.15, 0.2) is 28.8 Å². The molecule has 4 nitrogen and oxygen atoms in total. The van der Waals surface area contributed by atoms with Crippen molar-refractivity contribution >= 4 is 0 Å². The molecule has 0 aliphatic rings. The molecule has 0 aliphatic carbocycles. The summed E-state index contributed by atoms with van der Waals surface area (Å²) in [5.74, 6) is 0.471. The molecule has 0 unspecified atom stereocenters. The van der Waals surface area contributed by atoms with Crippen molar-refractivity contribution in [2.75, 3.05) is 6.54 Å². The maximum atomic E-state index is 12.7. The quantitative estimate of drug-likeness (QED) is 0.937. The molecule has 0 saturated carbocycles. The molecule has 0 radical (unpaired) electrons. The Balaban J connectivity index is 2.34. The van der Waals surface area contributed by atoms with Crippen molar-refractivity contribution in [1.82, 2.24) is 15.5 Å². The highest BCUT2D eigenvalue weighted by Gasteiger charge is 2.31. The molecule has 2 aromatic rings. The van der Waals surface area contributed by atoms with Gasteiger partial charge in [-0.3, -0.25) is 0 Å². The molecule has 2 rings (SSSR count). The minimum atomic E-state index is -4.40. The minimum Gasteiger partial charge on any atom is -0.337 e. The Labute approximate surface area is 120 Å². The maximum absolute atomic E-state index is 12.7. The summed E-state index contributed by atoms with van der Waals surface area (Å²) in [6, 6.07) is 4.86. The molecule has 0 amide bonds. The Kier molecular flexibility index (Phi) is 4.04. The number of aromatic nitrogens is 2. The van der Waals surface area contributed by atoms with E-state index in [1.54, 1.807) is 0 Å². The van der Waals surface area contributed by atoms with Crippen LogP contribution in [0.3, 0.4) is 0 Å². The van der Waals surface area contributed by atoms with Gasteiger partial charge in [-0.25, -0.2) is 0 Å². The highest BCUT2D eigenvalue weighted by atomic mass is 19.4. The van der Waals surface area contributed by atoms with E-state index in [2.05, 4.69) is 15.5 Å². The van der Waals surface area contributed by atoms with Gasteiger partial charge in [0.25, 0.3) is 0 Å². The van der Waals surface area contributed by atoms with Gasteiger partial charge in [0.2, 0.25) is 11.7 Å². The number of alkyl halides is 3. The van der Waals surface area contributed by atoms with Crippen LogP contribution in [0.1, 0.15) is 32.2 Å². The monoisotopic (exact) mass is 299 g/mol. The van der Waals surface area contributed by atoms with Gasteiger partial charge in [0.15, 0.2) is 0 Å². The molecule has 0 bridgehead atoms. The average molecular weight is 299 g/mol. The Morgan fingerprint density at radius 1 is 1.24 bits per heavy atom. The SMILES string of the molecule is CCNC(C)(C)c1nc(-c2cccc(C(F)(F)F)c2)no1. The summed E-state index contributed by atoms with van der Waals surface area (Å²) in [5, 5.41) is 6.93. The third kappa shape index (κ3) is 3.41. The van der Waals surface area contributed by atoms with Crippen LogP contribution in [0.2, 0.25) is 0 Å². The predicted molar refractivity (Wildman–Crippen MR) is 71.4 cm³/mol. The Hall–Kier alpha value is -1.89. The number of nitrogens with zero attached hydrogens (tertiary/aromatic N) is 2. The van der Waals surface area contributed by atoms with Crippen LogP contribution in [-0.2, 0) is 11.7 Å². The first kappa shape index (κ1) is 15.5. The highest BCUT2D eigenvalue weighted by Crippen LogP contribution is 2.31. The van der Waals surface area contributed by atoms with E-state index >= 15 is 0 Å². The highest BCUT2D eigenvalue weighted by molar-refractivity contribution is 5.55. The van der Waals surface area contributed by atoms with Gasteiger partial charge in [-0.05, 0) is 32.5 Å². The van der Waals surface area contributed by atoms with E-state index in [9.17, 15) is 13.2 Å². The predicted octanol–water partition coefficient (Wildman–Crippen LogP) is 3.60. The van der Waals surface area contributed by atoms with E-state index in [0.717, 1.165) is 12.1 Å². The third-order valence-corrected chi connectivity index (χ3v) is 3.03. The van der Waals surface area contributed by atoms with E-state index in [1.807, 2.05) is 20.8 Å². The lowest BCUT2D eigenvalue weighted by molar-refractivity contribution is -0.137. The molecule has 0 atom stereocenters. The Morgan fingerprint density at radius 2 is 1.95 bits per heavy atom. The number of hydrogen-bond acceptors (Lipinski definition) is 4. The van der Waals surface area contributed by atoms with Crippen LogP contribution in [0.25, 0.3) is 11.4 Å². The lowest BCUT2D eigenvalue weighted by Crippen LogP contribution is -2.36. The van der Waals surface area contributed by atoms with Gasteiger partial charge in [-0.2, -0.15) is 18.2 Å². The van der Waals surface area contributed by atoms with E-state index in [4.69, 9.17) is 4.52 Å². The molecule has 0 spiro atoms. The largest absolute Gasteiger partial charge is 0.416 e. The molecule has 0 aliphatic heterocycles. The molecule has 114 valence electrons. The van der Waals surface area contributed by atoms with Crippen LogP contribution in [0.4, 0.5) is 13.2 Å². The second-order valence-corrected chi connectivity index (χ2v) is 5.16. The van der Waals surface area contributed by atoms with Gasteiger partial charge in [0, 0.05) is 5.56 Å². The molecular weight excluding hydrogens is 283 g/mol.